The summed E-state index contributed by atoms with van der Waals surface area (Å²) in [6.45, 7) is 2.22. The Morgan fingerprint density at radius 3 is 1.73 bits per heavy atom. The standard InChI is InChI=1S/C32H25N/c1-2-23-12-10-15-25(22-23)27-19-11-18-26(24-13-4-3-5-14-24)32(27)33-30-20-8-6-16-28(30)29-17-7-9-21-31(29)33/h3-22H,2H2,1H3. The zero-order chi connectivity index (χ0) is 22.2. The molecule has 0 fully saturated rings. The number of rotatable bonds is 4. The van der Waals surface area contributed by atoms with Crippen LogP contribution in [0.1, 0.15) is 12.5 Å². The number of benzene rings is 5. The lowest BCUT2D eigenvalue weighted by atomic mass is 9.94. The topological polar surface area (TPSA) is 4.93 Å². The van der Waals surface area contributed by atoms with Crippen LogP contribution < -0.4 is 0 Å². The summed E-state index contributed by atoms with van der Waals surface area (Å²) in [5.74, 6) is 0. The number of hydrogen-bond acceptors (Lipinski definition) is 0. The number of nitrogens with zero attached hydrogens (tertiary/aromatic N) is 1. The third-order valence-corrected chi connectivity index (χ3v) is 6.57. The molecule has 0 aliphatic heterocycles. The molecule has 6 rings (SSSR count). The molecule has 0 spiro atoms. The van der Waals surface area contributed by atoms with Gasteiger partial charge in [-0.25, -0.2) is 0 Å². The molecule has 1 aromatic heterocycles. The van der Waals surface area contributed by atoms with Gasteiger partial charge in [-0.05, 0) is 35.2 Å². The maximum absolute atomic E-state index is 2.46. The number of aryl methyl sites for hydroxylation is 1. The molecule has 33 heavy (non-hydrogen) atoms. The quantitative estimate of drug-likeness (QED) is 0.267. The molecule has 0 N–H and O–H groups in total. The average Bonchev–Trinajstić information content (AvgIpc) is 3.23. The molecule has 0 saturated carbocycles. The van der Waals surface area contributed by atoms with Crippen molar-refractivity contribution in [2.24, 2.45) is 0 Å². The predicted molar refractivity (Wildman–Crippen MR) is 141 cm³/mol. The maximum atomic E-state index is 2.46. The van der Waals surface area contributed by atoms with E-state index in [1.54, 1.807) is 0 Å². The van der Waals surface area contributed by atoms with E-state index in [0.717, 1.165) is 6.42 Å². The second-order valence-corrected chi connectivity index (χ2v) is 8.49. The van der Waals surface area contributed by atoms with E-state index >= 15 is 0 Å². The first-order valence-corrected chi connectivity index (χ1v) is 11.6. The molecule has 0 radical (unpaired) electrons. The van der Waals surface area contributed by atoms with Crippen LogP contribution in [0.25, 0.3) is 49.7 Å². The van der Waals surface area contributed by atoms with Crippen LogP contribution in [0, 0.1) is 0 Å². The van der Waals surface area contributed by atoms with Gasteiger partial charge in [-0.3, -0.25) is 0 Å². The van der Waals surface area contributed by atoms with Gasteiger partial charge in [0.2, 0.25) is 0 Å². The number of para-hydroxylation sites is 3. The zero-order valence-corrected chi connectivity index (χ0v) is 18.7. The SMILES string of the molecule is CCc1cccc(-c2cccc(-c3ccccc3)c2-n2c3ccccc3c3ccccc32)c1. The Labute approximate surface area is 194 Å². The first kappa shape index (κ1) is 19.6. The number of fused-ring (bicyclic) bond motifs is 3. The van der Waals surface area contributed by atoms with Crippen LogP contribution in [-0.2, 0) is 6.42 Å². The minimum absolute atomic E-state index is 1.02. The highest BCUT2D eigenvalue weighted by atomic mass is 15.0. The molecule has 0 aliphatic carbocycles. The van der Waals surface area contributed by atoms with Gasteiger partial charge in [0.25, 0.3) is 0 Å². The van der Waals surface area contributed by atoms with Crippen molar-refractivity contribution >= 4 is 21.8 Å². The van der Waals surface area contributed by atoms with Gasteiger partial charge in [0.1, 0.15) is 0 Å². The average molecular weight is 424 g/mol. The van der Waals surface area contributed by atoms with Crippen LogP contribution in [0.2, 0.25) is 0 Å². The van der Waals surface area contributed by atoms with E-state index in [1.807, 2.05) is 0 Å². The van der Waals surface area contributed by atoms with Crippen molar-refractivity contribution < 1.29 is 0 Å². The molecule has 0 bridgehead atoms. The van der Waals surface area contributed by atoms with E-state index < -0.39 is 0 Å². The maximum Gasteiger partial charge on any atom is 0.0618 e. The third kappa shape index (κ3) is 3.25. The van der Waals surface area contributed by atoms with Crippen molar-refractivity contribution in [1.82, 2.24) is 4.57 Å². The van der Waals surface area contributed by atoms with Gasteiger partial charge in [0, 0.05) is 21.9 Å². The lowest BCUT2D eigenvalue weighted by molar-refractivity contribution is 1.14. The lowest BCUT2D eigenvalue weighted by Gasteiger charge is -2.19. The van der Waals surface area contributed by atoms with Gasteiger partial charge >= 0.3 is 0 Å². The van der Waals surface area contributed by atoms with Crippen molar-refractivity contribution in [2.45, 2.75) is 13.3 Å². The van der Waals surface area contributed by atoms with Crippen LogP contribution in [0.15, 0.2) is 121 Å². The van der Waals surface area contributed by atoms with E-state index in [1.165, 1.54) is 55.3 Å². The summed E-state index contributed by atoms with van der Waals surface area (Å²) in [6.07, 6.45) is 1.02. The second kappa shape index (κ2) is 8.11. The smallest absolute Gasteiger partial charge is 0.0618 e. The van der Waals surface area contributed by atoms with E-state index in [0.29, 0.717) is 0 Å². The molecule has 0 unspecified atom stereocenters. The van der Waals surface area contributed by atoms with Crippen LogP contribution in [0.4, 0.5) is 0 Å². The van der Waals surface area contributed by atoms with E-state index in [9.17, 15) is 0 Å². The van der Waals surface area contributed by atoms with Crippen molar-refractivity contribution in [1.29, 1.82) is 0 Å². The molecule has 158 valence electrons. The fourth-order valence-corrected chi connectivity index (χ4v) is 4.99. The Hall–Kier alpha value is -4.10. The Kier molecular flexibility index (Phi) is 4.81. The molecule has 0 aliphatic rings. The van der Waals surface area contributed by atoms with Crippen molar-refractivity contribution in [3.8, 4) is 27.9 Å². The lowest BCUT2D eigenvalue weighted by Crippen LogP contribution is -2.00. The van der Waals surface area contributed by atoms with Gasteiger partial charge in [-0.1, -0.05) is 116 Å². The largest absolute Gasteiger partial charge is 0.308 e. The Morgan fingerprint density at radius 2 is 1.06 bits per heavy atom. The normalized spacial score (nSPS) is 11.3. The van der Waals surface area contributed by atoms with E-state index in [4.69, 9.17) is 0 Å². The van der Waals surface area contributed by atoms with E-state index in [-0.39, 0.29) is 0 Å². The Morgan fingerprint density at radius 1 is 0.515 bits per heavy atom. The molecular formula is C32H25N. The molecule has 1 heteroatoms. The van der Waals surface area contributed by atoms with E-state index in [2.05, 4.69) is 133 Å². The summed E-state index contributed by atoms with van der Waals surface area (Å²) in [5, 5.41) is 2.56. The van der Waals surface area contributed by atoms with Crippen molar-refractivity contribution in [3.63, 3.8) is 0 Å². The first-order chi connectivity index (χ1) is 16.3. The fraction of sp³-hybridized carbons (Fsp3) is 0.0625. The van der Waals surface area contributed by atoms with Crippen LogP contribution in [-0.4, -0.2) is 4.57 Å². The van der Waals surface area contributed by atoms with Gasteiger partial charge in [-0.15, -0.1) is 0 Å². The summed E-state index contributed by atoms with van der Waals surface area (Å²) < 4.78 is 2.46. The molecule has 1 heterocycles. The molecular weight excluding hydrogens is 398 g/mol. The number of hydrogen-bond donors (Lipinski definition) is 0. The first-order valence-electron chi connectivity index (χ1n) is 11.6. The highest BCUT2D eigenvalue weighted by Gasteiger charge is 2.19. The molecule has 1 nitrogen and oxygen atoms in total. The van der Waals surface area contributed by atoms with Gasteiger partial charge in [-0.2, -0.15) is 0 Å². The predicted octanol–water partition coefficient (Wildman–Crippen LogP) is 8.68. The monoisotopic (exact) mass is 423 g/mol. The third-order valence-electron chi connectivity index (χ3n) is 6.57. The molecule has 5 aromatic carbocycles. The second-order valence-electron chi connectivity index (χ2n) is 8.49. The van der Waals surface area contributed by atoms with Gasteiger partial charge < -0.3 is 4.57 Å². The molecule has 6 aromatic rings. The summed E-state index contributed by atoms with van der Waals surface area (Å²) in [5.41, 5.74) is 10.0. The Balaban J connectivity index is 1.78. The van der Waals surface area contributed by atoms with Crippen molar-refractivity contribution in [3.05, 3.63) is 127 Å². The number of aromatic nitrogens is 1. The van der Waals surface area contributed by atoms with Gasteiger partial charge in [0.05, 0.1) is 16.7 Å². The minimum atomic E-state index is 1.02. The molecule has 0 atom stereocenters. The van der Waals surface area contributed by atoms with Crippen molar-refractivity contribution in [2.75, 3.05) is 0 Å². The molecule has 0 amide bonds. The highest BCUT2D eigenvalue weighted by Crippen LogP contribution is 2.41. The van der Waals surface area contributed by atoms with Crippen LogP contribution >= 0.6 is 0 Å². The Bertz CT molecular complexity index is 1530. The van der Waals surface area contributed by atoms with Crippen LogP contribution in [0.3, 0.4) is 0 Å². The highest BCUT2D eigenvalue weighted by molar-refractivity contribution is 6.10. The zero-order valence-electron chi connectivity index (χ0n) is 18.7. The minimum Gasteiger partial charge on any atom is -0.308 e. The summed E-state index contributed by atoms with van der Waals surface area (Å²) >= 11 is 0. The summed E-state index contributed by atoms with van der Waals surface area (Å²) in [6, 6.07) is 43.9. The van der Waals surface area contributed by atoms with Crippen LogP contribution in [0.5, 0.6) is 0 Å². The summed E-state index contributed by atoms with van der Waals surface area (Å²) in [7, 11) is 0. The van der Waals surface area contributed by atoms with Gasteiger partial charge in [0.15, 0.2) is 0 Å². The fourth-order valence-electron chi connectivity index (χ4n) is 4.99. The summed E-state index contributed by atoms with van der Waals surface area (Å²) in [4.78, 5) is 0. The molecule has 0 saturated heterocycles.